The van der Waals surface area contributed by atoms with E-state index in [-0.39, 0.29) is 0 Å². The lowest BCUT2D eigenvalue weighted by Crippen LogP contribution is -2.22. The van der Waals surface area contributed by atoms with E-state index in [2.05, 4.69) is 42.2 Å². The quantitative estimate of drug-likeness (QED) is 0.600. The molecule has 1 aromatic heterocycles. The molecular formula is C15H22N2. The van der Waals surface area contributed by atoms with Crippen LogP contribution in [0.1, 0.15) is 49.2 Å². The summed E-state index contributed by atoms with van der Waals surface area (Å²) in [5, 5.41) is 3.51. The highest BCUT2D eigenvalue weighted by Gasteiger charge is 2.12. The Hall–Kier alpha value is -1.33. The van der Waals surface area contributed by atoms with Crippen molar-refractivity contribution in [2.24, 2.45) is 0 Å². The lowest BCUT2D eigenvalue weighted by molar-refractivity contribution is 0.498. The second-order valence-corrected chi connectivity index (χ2v) is 4.33. The summed E-state index contributed by atoms with van der Waals surface area (Å²) >= 11 is 0. The number of pyridine rings is 1. The third-order valence-electron chi connectivity index (χ3n) is 2.91. The molecule has 0 aromatic carbocycles. The van der Waals surface area contributed by atoms with Crippen molar-refractivity contribution in [3.05, 3.63) is 29.1 Å². The van der Waals surface area contributed by atoms with Gasteiger partial charge < -0.3 is 5.32 Å². The van der Waals surface area contributed by atoms with Crippen LogP contribution in [0.4, 0.5) is 0 Å². The molecular weight excluding hydrogens is 208 g/mol. The van der Waals surface area contributed by atoms with Crippen LogP contribution < -0.4 is 5.32 Å². The van der Waals surface area contributed by atoms with E-state index < -0.39 is 0 Å². The van der Waals surface area contributed by atoms with Gasteiger partial charge in [-0.25, -0.2) is 0 Å². The van der Waals surface area contributed by atoms with E-state index >= 15 is 0 Å². The van der Waals surface area contributed by atoms with E-state index in [0.717, 1.165) is 37.2 Å². The summed E-state index contributed by atoms with van der Waals surface area (Å²) < 4.78 is 0. The van der Waals surface area contributed by atoms with Crippen molar-refractivity contribution in [1.29, 1.82) is 0 Å². The van der Waals surface area contributed by atoms with Crippen molar-refractivity contribution in [3.8, 4) is 12.3 Å². The van der Waals surface area contributed by atoms with Crippen molar-refractivity contribution in [2.75, 3.05) is 6.54 Å². The molecule has 0 radical (unpaired) electrons. The van der Waals surface area contributed by atoms with Crippen LogP contribution in [0.2, 0.25) is 0 Å². The average molecular weight is 230 g/mol. The number of unbranched alkanes of at least 4 members (excludes halogenated alkanes) is 1. The zero-order valence-electron chi connectivity index (χ0n) is 11.1. The summed E-state index contributed by atoms with van der Waals surface area (Å²) in [4.78, 5) is 4.52. The zero-order valence-corrected chi connectivity index (χ0v) is 11.1. The van der Waals surface area contributed by atoms with Crippen molar-refractivity contribution >= 4 is 0 Å². The highest BCUT2D eigenvalue weighted by atomic mass is 14.9. The molecule has 0 aliphatic heterocycles. The largest absolute Gasteiger partial charge is 0.310 e. The third kappa shape index (κ3) is 4.20. The highest BCUT2D eigenvalue weighted by Crippen LogP contribution is 2.21. The maximum atomic E-state index is 5.29. The van der Waals surface area contributed by atoms with Crippen LogP contribution in [0.25, 0.3) is 0 Å². The minimum absolute atomic E-state index is 0.376. The Morgan fingerprint density at radius 1 is 1.41 bits per heavy atom. The summed E-state index contributed by atoms with van der Waals surface area (Å²) in [5.74, 6) is 2.70. The molecule has 1 heterocycles. The highest BCUT2D eigenvalue weighted by molar-refractivity contribution is 5.25. The Bertz CT molecular complexity index is 390. The molecule has 0 fully saturated rings. The summed E-state index contributed by atoms with van der Waals surface area (Å²) in [5.41, 5.74) is 3.50. The Labute approximate surface area is 105 Å². The van der Waals surface area contributed by atoms with Gasteiger partial charge in [0.25, 0.3) is 0 Å². The molecule has 1 aromatic rings. The molecule has 0 aliphatic rings. The molecule has 0 amide bonds. The molecule has 0 saturated heterocycles. The number of nitrogens with one attached hydrogen (secondary N) is 1. The first-order chi connectivity index (χ1) is 8.19. The Morgan fingerprint density at radius 2 is 2.18 bits per heavy atom. The van der Waals surface area contributed by atoms with E-state index in [1.165, 1.54) is 5.56 Å². The van der Waals surface area contributed by atoms with Gasteiger partial charge in [-0.3, -0.25) is 4.98 Å². The van der Waals surface area contributed by atoms with Crippen LogP contribution in [0.15, 0.2) is 12.1 Å². The summed E-state index contributed by atoms with van der Waals surface area (Å²) in [6.07, 6.45) is 8.27. The van der Waals surface area contributed by atoms with Gasteiger partial charge in [-0.05, 0) is 44.9 Å². The van der Waals surface area contributed by atoms with Gasteiger partial charge in [0.05, 0.1) is 0 Å². The van der Waals surface area contributed by atoms with Gasteiger partial charge in [0, 0.05) is 23.9 Å². The van der Waals surface area contributed by atoms with Gasteiger partial charge in [-0.15, -0.1) is 12.3 Å². The molecule has 1 N–H and O–H groups in total. The Kier molecular flexibility index (Phi) is 5.72. The van der Waals surface area contributed by atoms with Gasteiger partial charge in [0.1, 0.15) is 0 Å². The molecule has 0 aliphatic carbocycles. The molecule has 2 nitrogen and oxygen atoms in total. The van der Waals surface area contributed by atoms with Crippen LogP contribution >= 0.6 is 0 Å². The van der Waals surface area contributed by atoms with E-state index in [9.17, 15) is 0 Å². The van der Waals surface area contributed by atoms with E-state index in [0.29, 0.717) is 6.04 Å². The van der Waals surface area contributed by atoms with Crippen LogP contribution in [-0.2, 0) is 0 Å². The van der Waals surface area contributed by atoms with Crippen molar-refractivity contribution in [3.63, 3.8) is 0 Å². The molecule has 17 heavy (non-hydrogen) atoms. The molecule has 0 spiro atoms. The minimum atomic E-state index is 0.376. The van der Waals surface area contributed by atoms with E-state index in [1.807, 2.05) is 6.92 Å². The number of aryl methyl sites for hydroxylation is 2. The van der Waals surface area contributed by atoms with Crippen molar-refractivity contribution in [1.82, 2.24) is 10.3 Å². The van der Waals surface area contributed by atoms with E-state index in [1.54, 1.807) is 0 Å². The smallest absolute Gasteiger partial charge is 0.0423 e. The average Bonchev–Trinajstić information content (AvgIpc) is 2.28. The topological polar surface area (TPSA) is 24.9 Å². The predicted octanol–water partition coefficient (Wildman–Crippen LogP) is 3.15. The SMILES string of the molecule is C#CCCCC(NCC)c1ccc(C)nc1C. The van der Waals surface area contributed by atoms with Gasteiger partial charge in [0.15, 0.2) is 0 Å². The van der Waals surface area contributed by atoms with Crippen molar-refractivity contribution < 1.29 is 0 Å². The van der Waals surface area contributed by atoms with Crippen LogP contribution in [0, 0.1) is 26.2 Å². The van der Waals surface area contributed by atoms with Crippen LogP contribution in [0.5, 0.6) is 0 Å². The number of hydrogen-bond acceptors (Lipinski definition) is 2. The predicted molar refractivity (Wildman–Crippen MR) is 72.8 cm³/mol. The number of aromatic nitrogens is 1. The lowest BCUT2D eigenvalue weighted by Gasteiger charge is -2.19. The molecule has 1 rings (SSSR count). The van der Waals surface area contributed by atoms with Gasteiger partial charge in [0.2, 0.25) is 0 Å². The minimum Gasteiger partial charge on any atom is -0.310 e. The van der Waals surface area contributed by atoms with E-state index in [4.69, 9.17) is 6.42 Å². The fourth-order valence-electron chi connectivity index (χ4n) is 2.09. The maximum Gasteiger partial charge on any atom is 0.0423 e. The Morgan fingerprint density at radius 3 is 2.76 bits per heavy atom. The van der Waals surface area contributed by atoms with Gasteiger partial charge in [-0.1, -0.05) is 13.0 Å². The number of nitrogens with zero attached hydrogens (tertiary/aromatic N) is 1. The second-order valence-electron chi connectivity index (χ2n) is 4.33. The summed E-state index contributed by atoms with van der Waals surface area (Å²) in [6.45, 7) is 7.20. The summed E-state index contributed by atoms with van der Waals surface area (Å²) in [6, 6.07) is 4.63. The van der Waals surface area contributed by atoms with Crippen molar-refractivity contribution in [2.45, 2.75) is 46.1 Å². The monoisotopic (exact) mass is 230 g/mol. The molecule has 0 bridgehead atoms. The van der Waals surface area contributed by atoms with Gasteiger partial charge in [-0.2, -0.15) is 0 Å². The fourth-order valence-corrected chi connectivity index (χ4v) is 2.09. The normalized spacial score (nSPS) is 12.1. The third-order valence-corrected chi connectivity index (χ3v) is 2.91. The molecule has 1 unspecified atom stereocenters. The fraction of sp³-hybridized carbons (Fsp3) is 0.533. The molecule has 0 saturated carbocycles. The van der Waals surface area contributed by atoms with Crippen LogP contribution in [-0.4, -0.2) is 11.5 Å². The molecule has 1 atom stereocenters. The number of terminal acetylenes is 1. The zero-order chi connectivity index (χ0) is 12.7. The Balaban J connectivity index is 2.78. The second kappa shape index (κ2) is 7.09. The first-order valence-corrected chi connectivity index (χ1v) is 6.30. The first-order valence-electron chi connectivity index (χ1n) is 6.30. The molecule has 92 valence electrons. The standard InChI is InChI=1S/C15H22N2/c1-5-7-8-9-15(16-6-2)14-11-10-12(3)17-13(14)4/h1,10-11,15-16H,6-9H2,2-4H3. The number of hydrogen-bond donors (Lipinski definition) is 1. The number of rotatable bonds is 6. The lowest BCUT2D eigenvalue weighted by atomic mass is 9.99. The maximum absolute atomic E-state index is 5.29. The molecule has 2 heteroatoms. The van der Waals surface area contributed by atoms with Gasteiger partial charge >= 0.3 is 0 Å². The first kappa shape index (κ1) is 13.7. The van der Waals surface area contributed by atoms with Crippen LogP contribution in [0.3, 0.4) is 0 Å². The summed E-state index contributed by atoms with van der Waals surface area (Å²) in [7, 11) is 0.